The van der Waals surface area contributed by atoms with E-state index in [2.05, 4.69) is 47.7 Å². The van der Waals surface area contributed by atoms with Crippen molar-refractivity contribution in [2.75, 3.05) is 11.9 Å². The van der Waals surface area contributed by atoms with E-state index < -0.39 is 0 Å². The number of phenolic OH excluding ortho intramolecular Hbond substituents is 1. The zero-order valence-electron chi connectivity index (χ0n) is 11.7. The second kappa shape index (κ2) is 8.33. The molecule has 0 bridgehead atoms. The summed E-state index contributed by atoms with van der Waals surface area (Å²) in [6.07, 6.45) is 1.48. The predicted octanol–water partition coefficient (Wildman–Crippen LogP) is 4.13. The van der Waals surface area contributed by atoms with Gasteiger partial charge in [0.1, 0.15) is 5.75 Å². The molecule has 1 amide bonds. The molecule has 0 radical (unpaired) electrons. The number of carbonyl (C=O) groups is 1. The van der Waals surface area contributed by atoms with Crippen LogP contribution in [-0.4, -0.2) is 23.8 Å². The van der Waals surface area contributed by atoms with E-state index in [1.165, 1.54) is 6.21 Å². The van der Waals surface area contributed by atoms with Crippen LogP contribution in [0, 0.1) is 0 Å². The zero-order valence-corrected chi connectivity index (χ0v) is 15.6. The van der Waals surface area contributed by atoms with Gasteiger partial charge < -0.3 is 10.4 Å². The molecule has 0 atom stereocenters. The smallest absolute Gasteiger partial charge is 0.259 e. The van der Waals surface area contributed by atoms with E-state index in [1.807, 2.05) is 6.07 Å². The maximum Gasteiger partial charge on any atom is 0.259 e. The van der Waals surface area contributed by atoms with Crippen molar-refractivity contribution in [3.05, 3.63) is 55.9 Å². The Hall–Kier alpha value is -1.57. The summed E-state index contributed by atoms with van der Waals surface area (Å²) in [6, 6.07) is 10.4. The first-order valence-electron chi connectivity index (χ1n) is 6.45. The predicted molar refractivity (Wildman–Crippen MR) is 99.2 cm³/mol. The molecule has 0 unspecified atom stereocenters. The van der Waals surface area contributed by atoms with Gasteiger partial charge in [-0.25, -0.2) is 5.43 Å². The molecule has 5 nitrogen and oxygen atoms in total. The molecule has 0 aromatic heterocycles. The molecular formula is C15H12Br2ClN3O2. The fourth-order valence-electron chi connectivity index (χ4n) is 1.66. The first-order chi connectivity index (χ1) is 11.0. The summed E-state index contributed by atoms with van der Waals surface area (Å²) in [5, 5.41) is 17.0. The van der Waals surface area contributed by atoms with Crippen LogP contribution in [0.5, 0.6) is 5.75 Å². The minimum absolute atomic E-state index is 0.0701. The van der Waals surface area contributed by atoms with Gasteiger partial charge in [-0.15, -0.1) is 0 Å². The minimum atomic E-state index is -0.293. The van der Waals surface area contributed by atoms with Crippen LogP contribution in [0.4, 0.5) is 5.69 Å². The van der Waals surface area contributed by atoms with Gasteiger partial charge in [-0.05, 0) is 67.8 Å². The van der Waals surface area contributed by atoms with Gasteiger partial charge in [0, 0.05) is 10.7 Å². The molecule has 0 heterocycles. The molecule has 8 heteroatoms. The molecule has 23 heavy (non-hydrogen) atoms. The van der Waals surface area contributed by atoms with Crippen molar-refractivity contribution < 1.29 is 9.90 Å². The summed E-state index contributed by atoms with van der Waals surface area (Å²) in [7, 11) is 0. The first kappa shape index (κ1) is 17.8. The van der Waals surface area contributed by atoms with Crippen LogP contribution in [0.15, 0.2) is 50.4 Å². The number of hydrogen-bond acceptors (Lipinski definition) is 4. The van der Waals surface area contributed by atoms with Crippen molar-refractivity contribution in [2.45, 2.75) is 0 Å². The molecule has 0 saturated heterocycles. The molecule has 0 fully saturated rings. The van der Waals surface area contributed by atoms with E-state index in [9.17, 15) is 9.90 Å². The van der Waals surface area contributed by atoms with E-state index in [1.54, 1.807) is 30.3 Å². The number of aromatic hydroxyl groups is 1. The monoisotopic (exact) mass is 459 g/mol. The van der Waals surface area contributed by atoms with Crippen LogP contribution >= 0.6 is 43.5 Å². The van der Waals surface area contributed by atoms with Crippen LogP contribution in [0.25, 0.3) is 0 Å². The number of nitrogens with one attached hydrogen (secondary N) is 2. The number of hydrogen-bond donors (Lipinski definition) is 3. The molecule has 3 N–H and O–H groups in total. The summed E-state index contributed by atoms with van der Waals surface area (Å²) < 4.78 is 1.06. The lowest BCUT2D eigenvalue weighted by atomic mass is 10.2. The quantitative estimate of drug-likeness (QED) is 0.463. The van der Waals surface area contributed by atoms with Gasteiger partial charge in [-0.2, -0.15) is 5.10 Å². The van der Waals surface area contributed by atoms with Crippen LogP contribution in [0.1, 0.15) is 5.56 Å². The van der Waals surface area contributed by atoms with Gasteiger partial charge in [0.15, 0.2) is 0 Å². The van der Waals surface area contributed by atoms with Gasteiger partial charge >= 0.3 is 0 Å². The van der Waals surface area contributed by atoms with Crippen molar-refractivity contribution in [3.63, 3.8) is 0 Å². The van der Waals surface area contributed by atoms with E-state index >= 15 is 0 Å². The van der Waals surface area contributed by atoms with Crippen LogP contribution in [0.3, 0.4) is 0 Å². The summed E-state index contributed by atoms with van der Waals surface area (Å²) >= 11 is 12.3. The number of halogens is 3. The average Bonchev–Trinajstić information content (AvgIpc) is 2.50. The number of hydrazone groups is 1. The van der Waals surface area contributed by atoms with E-state index in [-0.39, 0.29) is 18.2 Å². The molecule has 0 aliphatic rings. The molecule has 2 aromatic carbocycles. The van der Waals surface area contributed by atoms with Crippen molar-refractivity contribution >= 4 is 61.3 Å². The highest BCUT2D eigenvalue weighted by Gasteiger charge is 2.05. The molecule has 2 aromatic rings. The lowest BCUT2D eigenvalue weighted by molar-refractivity contribution is -0.119. The Labute approximate surface area is 155 Å². The average molecular weight is 462 g/mol. The summed E-state index contributed by atoms with van der Waals surface area (Å²) in [5.41, 5.74) is 3.88. The number of anilines is 1. The first-order valence-corrected chi connectivity index (χ1v) is 8.41. The maximum atomic E-state index is 11.7. The minimum Gasteiger partial charge on any atom is -0.506 e. The number of phenols is 1. The number of carbonyl (C=O) groups excluding carboxylic acids is 1. The fourth-order valence-corrected chi connectivity index (χ4v) is 3.07. The van der Waals surface area contributed by atoms with Crippen LogP contribution in [-0.2, 0) is 4.79 Å². The van der Waals surface area contributed by atoms with Crippen LogP contribution < -0.4 is 10.7 Å². The Balaban J connectivity index is 1.86. The van der Waals surface area contributed by atoms with Crippen molar-refractivity contribution in [1.29, 1.82) is 0 Å². The number of rotatable bonds is 5. The third-order valence-electron chi connectivity index (χ3n) is 2.72. The Bertz CT molecular complexity index is 730. The lowest BCUT2D eigenvalue weighted by Crippen LogP contribution is -2.25. The summed E-state index contributed by atoms with van der Waals surface area (Å²) in [6.45, 7) is 0.0701. The number of amides is 1. The maximum absolute atomic E-state index is 11.7. The molecular weight excluding hydrogens is 449 g/mol. The molecule has 0 spiro atoms. The van der Waals surface area contributed by atoms with E-state index in [0.717, 1.165) is 5.69 Å². The Morgan fingerprint density at radius 2 is 1.96 bits per heavy atom. The molecule has 0 aliphatic carbocycles. The highest BCUT2D eigenvalue weighted by atomic mass is 79.9. The van der Waals surface area contributed by atoms with Gasteiger partial charge in [-0.1, -0.05) is 17.7 Å². The zero-order chi connectivity index (χ0) is 16.8. The second-order valence-corrected chi connectivity index (χ2v) is 6.64. The van der Waals surface area contributed by atoms with Crippen molar-refractivity contribution in [2.24, 2.45) is 5.10 Å². The number of nitrogens with zero attached hydrogens (tertiary/aromatic N) is 1. The van der Waals surface area contributed by atoms with Crippen LogP contribution in [0.2, 0.25) is 5.02 Å². The van der Waals surface area contributed by atoms with E-state index in [0.29, 0.717) is 19.5 Å². The SMILES string of the molecule is O=C(CNc1cccc(Cl)c1)N/N=C/c1cc(Br)c(O)c(Br)c1. The van der Waals surface area contributed by atoms with Gasteiger partial charge in [0.25, 0.3) is 5.91 Å². The van der Waals surface area contributed by atoms with Crippen molar-refractivity contribution in [1.82, 2.24) is 5.43 Å². The third-order valence-corrected chi connectivity index (χ3v) is 4.16. The third kappa shape index (κ3) is 5.53. The second-order valence-electron chi connectivity index (χ2n) is 4.49. The topological polar surface area (TPSA) is 73.7 Å². The van der Waals surface area contributed by atoms with Gasteiger partial charge in [0.05, 0.1) is 21.7 Å². The summed E-state index contributed by atoms with van der Waals surface area (Å²) in [4.78, 5) is 11.7. The Kier molecular flexibility index (Phi) is 6.44. The Morgan fingerprint density at radius 3 is 2.61 bits per heavy atom. The Morgan fingerprint density at radius 1 is 1.26 bits per heavy atom. The molecule has 120 valence electrons. The molecule has 0 saturated carbocycles. The summed E-state index contributed by atoms with van der Waals surface area (Å²) in [5.74, 6) is -0.185. The lowest BCUT2D eigenvalue weighted by Gasteiger charge is -2.05. The highest BCUT2D eigenvalue weighted by Crippen LogP contribution is 2.32. The molecule has 2 rings (SSSR count). The van der Waals surface area contributed by atoms with E-state index in [4.69, 9.17) is 11.6 Å². The van der Waals surface area contributed by atoms with Gasteiger partial charge in [0.2, 0.25) is 0 Å². The van der Waals surface area contributed by atoms with Gasteiger partial charge in [-0.3, -0.25) is 4.79 Å². The highest BCUT2D eigenvalue weighted by molar-refractivity contribution is 9.11. The largest absolute Gasteiger partial charge is 0.506 e. The number of benzene rings is 2. The molecule has 0 aliphatic heterocycles. The standard InChI is InChI=1S/C15H12Br2ClN3O2/c16-12-4-9(5-13(17)15(12)23)7-20-21-14(22)8-19-11-3-1-2-10(18)6-11/h1-7,19,23H,8H2,(H,21,22)/b20-7+. The fraction of sp³-hybridized carbons (Fsp3) is 0.0667. The van der Waals surface area contributed by atoms with Crippen molar-refractivity contribution in [3.8, 4) is 5.75 Å². The normalized spacial score (nSPS) is 10.7.